The molecule has 2 aromatic heterocycles. The fraction of sp³-hybridized carbons (Fsp3) is 0.526. The number of nitrogens with zero attached hydrogens (tertiary/aromatic N) is 3. The van der Waals surface area contributed by atoms with E-state index in [1.165, 1.54) is 11.8 Å². The molecule has 0 saturated carbocycles. The maximum Gasteiger partial charge on any atom is 0.390 e. The molecule has 9 heteroatoms. The minimum atomic E-state index is -4.18. The van der Waals surface area contributed by atoms with Gasteiger partial charge in [0.15, 0.2) is 5.15 Å². The summed E-state index contributed by atoms with van der Waals surface area (Å²) in [5.74, 6) is -0.108. The Morgan fingerprint density at radius 3 is 2.64 bits per heavy atom. The summed E-state index contributed by atoms with van der Waals surface area (Å²) >= 11 is 7.46. The Bertz CT molecular complexity index is 768. The molecule has 0 aliphatic carbocycles. The summed E-state index contributed by atoms with van der Waals surface area (Å²) in [5, 5.41) is 3.98. The Morgan fingerprint density at radius 1 is 1.32 bits per heavy atom. The summed E-state index contributed by atoms with van der Waals surface area (Å²) in [6.07, 6.45) is 1.15. The van der Waals surface area contributed by atoms with E-state index in [9.17, 15) is 18.0 Å². The van der Waals surface area contributed by atoms with Crippen molar-refractivity contribution in [1.29, 1.82) is 0 Å². The van der Waals surface area contributed by atoms with Crippen LogP contribution in [-0.4, -0.2) is 37.7 Å². The van der Waals surface area contributed by atoms with Gasteiger partial charge in [0.2, 0.25) is 0 Å². The number of halogens is 4. The highest BCUT2D eigenvalue weighted by atomic mass is 35.5. The number of hydrogen-bond donors (Lipinski definition) is 0. The van der Waals surface area contributed by atoms with Crippen molar-refractivity contribution in [1.82, 2.24) is 14.8 Å². The first-order valence-electron chi connectivity index (χ1n) is 9.11. The maximum atomic E-state index is 12.7. The predicted octanol–water partition coefficient (Wildman–Crippen LogP) is 5.84. The van der Waals surface area contributed by atoms with E-state index < -0.39 is 23.8 Å². The SMILES string of the molecule is CCC(CC(F)(F)F)SCCC(=O)C(CC)c1cn(-c2cccnc2)nc1Cl. The number of thioether (sulfide) groups is 1. The van der Waals surface area contributed by atoms with Gasteiger partial charge >= 0.3 is 6.18 Å². The van der Waals surface area contributed by atoms with Crippen molar-refractivity contribution in [3.8, 4) is 5.69 Å². The van der Waals surface area contributed by atoms with Crippen LogP contribution in [0.4, 0.5) is 13.2 Å². The average molecular weight is 434 g/mol. The minimum Gasteiger partial charge on any atom is -0.299 e. The zero-order valence-electron chi connectivity index (χ0n) is 15.7. The van der Waals surface area contributed by atoms with Crippen molar-refractivity contribution in [3.63, 3.8) is 0 Å². The number of rotatable bonds is 10. The number of aromatic nitrogens is 3. The van der Waals surface area contributed by atoms with Crippen LogP contribution in [0.25, 0.3) is 5.69 Å². The van der Waals surface area contributed by atoms with E-state index in [0.717, 1.165) is 5.69 Å². The second-order valence-corrected chi connectivity index (χ2v) is 8.19. The van der Waals surface area contributed by atoms with Crippen LogP contribution in [0.1, 0.15) is 51.0 Å². The third-order valence-corrected chi connectivity index (χ3v) is 6.10. The third-order valence-electron chi connectivity index (χ3n) is 4.39. The van der Waals surface area contributed by atoms with Gasteiger partial charge < -0.3 is 0 Å². The summed E-state index contributed by atoms with van der Waals surface area (Å²) in [5.41, 5.74) is 1.36. The van der Waals surface area contributed by atoms with Crippen LogP contribution in [0, 0.1) is 0 Å². The van der Waals surface area contributed by atoms with Gasteiger partial charge in [-0.2, -0.15) is 30.0 Å². The molecule has 2 heterocycles. The van der Waals surface area contributed by atoms with E-state index >= 15 is 0 Å². The zero-order valence-corrected chi connectivity index (χ0v) is 17.3. The first kappa shape index (κ1) is 22.7. The monoisotopic (exact) mass is 433 g/mol. The van der Waals surface area contributed by atoms with Crippen molar-refractivity contribution in [2.24, 2.45) is 0 Å². The lowest BCUT2D eigenvalue weighted by Crippen LogP contribution is -2.18. The Hall–Kier alpha value is -1.54. The van der Waals surface area contributed by atoms with E-state index in [2.05, 4.69) is 10.1 Å². The Kier molecular flexibility index (Phi) is 8.37. The second-order valence-electron chi connectivity index (χ2n) is 6.43. The van der Waals surface area contributed by atoms with E-state index in [1.807, 2.05) is 13.0 Å². The lowest BCUT2D eigenvalue weighted by molar-refractivity contribution is -0.134. The quantitative estimate of drug-likeness (QED) is 0.472. The average Bonchev–Trinajstić information content (AvgIpc) is 3.03. The first-order valence-corrected chi connectivity index (χ1v) is 10.5. The molecule has 0 saturated heterocycles. The highest BCUT2D eigenvalue weighted by Gasteiger charge is 2.31. The van der Waals surface area contributed by atoms with Crippen molar-refractivity contribution >= 4 is 29.1 Å². The fourth-order valence-corrected chi connectivity index (χ4v) is 4.38. The van der Waals surface area contributed by atoms with Gasteiger partial charge in [-0.05, 0) is 25.0 Å². The Labute approximate surface area is 171 Å². The molecule has 0 N–H and O–H groups in total. The molecule has 2 unspecified atom stereocenters. The normalized spacial score (nSPS) is 14.1. The van der Waals surface area contributed by atoms with Gasteiger partial charge in [-0.25, -0.2) is 4.68 Å². The van der Waals surface area contributed by atoms with Gasteiger partial charge in [0.05, 0.1) is 18.3 Å². The standard InChI is InChI=1S/C19H23ClF3N3OS/c1-3-14(10-19(21,22)23)28-9-7-17(27)15(4-2)16-12-26(25-18(16)20)13-6-5-8-24-11-13/h5-6,8,11-12,14-15H,3-4,7,9-10H2,1-2H3. The van der Waals surface area contributed by atoms with Crippen molar-refractivity contribution < 1.29 is 18.0 Å². The second kappa shape index (κ2) is 10.3. The van der Waals surface area contributed by atoms with Crippen molar-refractivity contribution in [2.45, 2.75) is 56.9 Å². The molecule has 154 valence electrons. The molecular formula is C19H23ClF3N3OS. The maximum absolute atomic E-state index is 12.7. The summed E-state index contributed by atoms with van der Waals surface area (Å²) in [4.78, 5) is 16.7. The van der Waals surface area contributed by atoms with Crippen LogP contribution in [0.2, 0.25) is 5.15 Å². The molecule has 0 fully saturated rings. The van der Waals surface area contributed by atoms with E-state index in [1.54, 1.807) is 36.3 Å². The lowest BCUT2D eigenvalue weighted by atomic mass is 9.93. The van der Waals surface area contributed by atoms with Gasteiger partial charge in [0, 0.05) is 41.3 Å². The molecule has 0 radical (unpaired) electrons. The number of Topliss-reactive ketones (excluding diaryl/α,β-unsaturated/α-hetero) is 1. The molecule has 28 heavy (non-hydrogen) atoms. The van der Waals surface area contributed by atoms with E-state index in [-0.39, 0.29) is 17.4 Å². The number of carbonyl (C=O) groups is 1. The first-order chi connectivity index (χ1) is 13.2. The van der Waals surface area contributed by atoms with Crippen molar-refractivity contribution in [2.75, 3.05) is 5.75 Å². The van der Waals surface area contributed by atoms with E-state index in [0.29, 0.717) is 24.2 Å². The zero-order chi connectivity index (χ0) is 20.7. The van der Waals surface area contributed by atoms with Crippen LogP contribution in [0.3, 0.4) is 0 Å². The largest absolute Gasteiger partial charge is 0.390 e. The Morgan fingerprint density at radius 2 is 2.07 bits per heavy atom. The topological polar surface area (TPSA) is 47.8 Å². The molecule has 0 aliphatic heterocycles. The number of alkyl halides is 3. The van der Waals surface area contributed by atoms with Crippen molar-refractivity contribution in [3.05, 3.63) is 41.4 Å². The number of pyridine rings is 1. The van der Waals surface area contributed by atoms with Crippen LogP contribution in [0.15, 0.2) is 30.7 Å². The van der Waals surface area contributed by atoms with Gasteiger partial charge in [-0.1, -0.05) is 25.4 Å². The highest BCUT2D eigenvalue weighted by Crippen LogP contribution is 2.32. The number of hydrogen-bond acceptors (Lipinski definition) is 4. The van der Waals surface area contributed by atoms with E-state index in [4.69, 9.17) is 11.6 Å². The fourth-order valence-electron chi connectivity index (χ4n) is 2.92. The van der Waals surface area contributed by atoms with Crippen LogP contribution in [0.5, 0.6) is 0 Å². The van der Waals surface area contributed by atoms with Crippen LogP contribution < -0.4 is 0 Å². The number of ketones is 1. The smallest absolute Gasteiger partial charge is 0.299 e. The molecule has 0 bridgehead atoms. The van der Waals surface area contributed by atoms with Crippen LogP contribution >= 0.6 is 23.4 Å². The molecule has 4 nitrogen and oxygen atoms in total. The van der Waals surface area contributed by atoms with Gasteiger partial charge in [0.25, 0.3) is 0 Å². The molecule has 0 aliphatic rings. The molecule has 2 atom stereocenters. The summed E-state index contributed by atoms with van der Waals surface area (Å²) in [6.45, 7) is 3.61. The summed E-state index contributed by atoms with van der Waals surface area (Å²) < 4.78 is 39.3. The summed E-state index contributed by atoms with van der Waals surface area (Å²) in [7, 11) is 0. The molecule has 0 amide bonds. The highest BCUT2D eigenvalue weighted by molar-refractivity contribution is 7.99. The lowest BCUT2D eigenvalue weighted by Gasteiger charge is -2.17. The minimum absolute atomic E-state index is 0.0375. The molecule has 2 rings (SSSR count). The Balaban J connectivity index is 2.01. The van der Waals surface area contributed by atoms with Gasteiger partial charge in [-0.15, -0.1) is 0 Å². The molecular weight excluding hydrogens is 411 g/mol. The predicted molar refractivity (Wildman–Crippen MR) is 106 cm³/mol. The molecule has 0 aromatic carbocycles. The summed E-state index contributed by atoms with van der Waals surface area (Å²) in [6, 6.07) is 3.60. The van der Waals surface area contributed by atoms with Gasteiger partial charge in [0.1, 0.15) is 5.78 Å². The number of carbonyl (C=O) groups excluding carboxylic acids is 1. The third kappa shape index (κ3) is 6.51. The molecule has 2 aromatic rings. The van der Waals surface area contributed by atoms with Crippen LogP contribution in [-0.2, 0) is 4.79 Å². The van der Waals surface area contributed by atoms with Gasteiger partial charge in [-0.3, -0.25) is 9.78 Å². The molecule has 0 spiro atoms.